The van der Waals surface area contributed by atoms with Gasteiger partial charge in [0, 0.05) is 24.2 Å². The van der Waals surface area contributed by atoms with Crippen molar-refractivity contribution < 1.29 is 9.53 Å². The molecule has 1 fully saturated rings. The molecule has 1 amide bonds. The molecule has 4 heteroatoms. The third-order valence-corrected chi connectivity index (χ3v) is 4.28. The Kier molecular flexibility index (Phi) is 5.23. The number of hydrogen-bond acceptors (Lipinski definition) is 3. The van der Waals surface area contributed by atoms with Crippen molar-refractivity contribution in [2.24, 2.45) is 0 Å². The minimum atomic E-state index is 0.142. The van der Waals surface area contributed by atoms with Gasteiger partial charge < -0.3 is 9.64 Å². The van der Waals surface area contributed by atoms with E-state index in [0.717, 1.165) is 30.7 Å². The fraction of sp³-hybridized carbons (Fsp3) is 0.588. The number of hydrogen-bond donors (Lipinski definition) is 0. The van der Waals surface area contributed by atoms with E-state index in [9.17, 15) is 4.79 Å². The van der Waals surface area contributed by atoms with Crippen molar-refractivity contribution in [3.63, 3.8) is 0 Å². The van der Waals surface area contributed by atoms with Crippen molar-refractivity contribution in [3.05, 3.63) is 29.8 Å². The monoisotopic (exact) mass is 290 g/mol. The Morgan fingerprint density at radius 1 is 1.38 bits per heavy atom. The van der Waals surface area contributed by atoms with Crippen LogP contribution in [0, 0.1) is 0 Å². The maximum atomic E-state index is 12.4. The van der Waals surface area contributed by atoms with Gasteiger partial charge in [-0.05, 0) is 39.8 Å². The molecule has 21 heavy (non-hydrogen) atoms. The Morgan fingerprint density at radius 2 is 2.05 bits per heavy atom. The summed E-state index contributed by atoms with van der Waals surface area (Å²) in [5, 5.41) is 0. The summed E-state index contributed by atoms with van der Waals surface area (Å²) in [5.74, 6) is 1.10. The minimum Gasteiger partial charge on any atom is -0.496 e. The molecule has 0 saturated heterocycles. The number of rotatable bonds is 7. The molecular weight excluding hydrogens is 264 g/mol. The molecule has 1 saturated carbocycles. The molecule has 4 nitrogen and oxygen atoms in total. The second kappa shape index (κ2) is 6.94. The van der Waals surface area contributed by atoms with Gasteiger partial charge in [0.25, 0.3) is 0 Å². The molecule has 1 aromatic carbocycles. The second-order valence-corrected chi connectivity index (χ2v) is 5.74. The summed E-state index contributed by atoms with van der Waals surface area (Å²) in [6.45, 7) is 5.42. The van der Waals surface area contributed by atoms with Crippen LogP contribution in [0.4, 0.5) is 0 Å². The van der Waals surface area contributed by atoms with E-state index >= 15 is 0 Å². The van der Waals surface area contributed by atoms with E-state index in [4.69, 9.17) is 4.74 Å². The number of carbonyl (C=O) groups is 1. The summed E-state index contributed by atoms with van der Waals surface area (Å²) < 4.78 is 5.42. The molecule has 1 atom stereocenters. The SMILES string of the molecule is CCN(C(=O)CN(C)[C@@H](C)c1ccccc1OC)C1CC1. The van der Waals surface area contributed by atoms with Crippen LogP contribution in [0.3, 0.4) is 0 Å². The van der Waals surface area contributed by atoms with Gasteiger partial charge in [0.2, 0.25) is 5.91 Å². The highest BCUT2D eigenvalue weighted by Gasteiger charge is 2.32. The lowest BCUT2D eigenvalue weighted by Gasteiger charge is -2.29. The van der Waals surface area contributed by atoms with Crippen LogP contribution >= 0.6 is 0 Å². The van der Waals surface area contributed by atoms with Crippen LogP contribution in [0.15, 0.2) is 24.3 Å². The molecule has 0 spiro atoms. The van der Waals surface area contributed by atoms with Crippen LogP contribution < -0.4 is 4.74 Å². The standard InChI is InChI=1S/C17H26N2O2/c1-5-19(14-10-11-14)17(20)12-18(3)13(2)15-8-6-7-9-16(15)21-4/h6-9,13-14H,5,10-12H2,1-4H3/t13-/m0/s1. The van der Waals surface area contributed by atoms with E-state index in [1.54, 1.807) is 7.11 Å². The van der Waals surface area contributed by atoms with Gasteiger partial charge in [-0.25, -0.2) is 0 Å². The lowest BCUT2D eigenvalue weighted by molar-refractivity contribution is -0.133. The molecule has 116 valence electrons. The third-order valence-electron chi connectivity index (χ3n) is 4.28. The number of amides is 1. The van der Waals surface area contributed by atoms with Crippen molar-refractivity contribution in [3.8, 4) is 5.75 Å². The zero-order valence-corrected chi connectivity index (χ0v) is 13.5. The molecule has 0 radical (unpaired) electrons. The van der Waals surface area contributed by atoms with Crippen LogP contribution in [-0.4, -0.2) is 49.0 Å². The van der Waals surface area contributed by atoms with Crippen molar-refractivity contribution in [1.82, 2.24) is 9.80 Å². The molecule has 0 bridgehead atoms. The summed E-state index contributed by atoms with van der Waals surface area (Å²) >= 11 is 0. The van der Waals surface area contributed by atoms with Crippen LogP contribution in [0.25, 0.3) is 0 Å². The summed E-state index contributed by atoms with van der Waals surface area (Å²) in [7, 11) is 3.68. The van der Waals surface area contributed by atoms with Gasteiger partial charge in [-0.15, -0.1) is 0 Å². The van der Waals surface area contributed by atoms with Crippen molar-refractivity contribution in [2.45, 2.75) is 38.8 Å². The van der Waals surface area contributed by atoms with E-state index in [2.05, 4.69) is 24.8 Å². The second-order valence-electron chi connectivity index (χ2n) is 5.74. The lowest BCUT2D eigenvalue weighted by Crippen LogP contribution is -2.40. The first kappa shape index (κ1) is 15.8. The molecule has 1 aliphatic rings. The average Bonchev–Trinajstić information content (AvgIpc) is 3.31. The highest BCUT2D eigenvalue weighted by Crippen LogP contribution is 2.29. The highest BCUT2D eigenvalue weighted by molar-refractivity contribution is 5.79. The normalized spacial score (nSPS) is 15.9. The molecule has 0 heterocycles. The Hall–Kier alpha value is -1.55. The predicted octanol–water partition coefficient (Wildman–Crippen LogP) is 2.70. The molecule has 0 N–H and O–H groups in total. The lowest BCUT2D eigenvalue weighted by atomic mass is 10.1. The number of para-hydroxylation sites is 1. The number of nitrogens with zero attached hydrogens (tertiary/aromatic N) is 2. The summed E-state index contributed by atoms with van der Waals surface area (Å²) in [5.41, 5.74) is 1.12. The average molecular weight is 290 g/mol. The quantitative estimate of drug-likeness (QED) is 0.774. The Labute approximate surface area is 127 Å². The highest BCUT2D eigenvalue weighted by atomic mass is 16.5. The number of ether oxygens (including phenoxy) is 1. The van der Waals surface area contributed by atoms with Crippen molar-refractivity contribution in [1.29, 1.82) is 0 Å². The number of benzene rings is 1. The van der Waals surface area contributed by atoms with Gasteiger partial charge in [-0.1, -0.05) is 18.2 Å². The van der Waals surface area contributed by atoms with Crippen LogP contribution in [0.5, 0.6) is 5.75 Å². The maximum Gasteiger partial charge on any atom is 0.236 e. The molecule has 0 aromatic heterocycles. The Morgan fingerprint density at radius 3 is 2.62 bits per heavy atom. The van der Waals surface area contributed by atoms with Crippen LogP contribution in [-0.2, 0) is 4.79 Å². The third kappa shape index (κ3) is 3.76. The molecular formula is C17H26N2O2. The van der Waals surface area contributed by atoms with Crippen LogP contribution in [0.2, 0.25) is 0 Å². The first-order valence-corrected chi connectivity index (χ1v) is 7.71. The van der Waals surface area contributed by atoms with Gasteiger partial charge in [-0.3, -0.25) is 9.69 Å². The van der Waals surface area contributed by atoms with E-state index in [0.29, 0.717) is 12.6 Å². The zero-order valence-electron chi connectivity index (χ0n) is 13.5. The molecule has 0 aliphatic heterocycles. The number of methoxy groups -OCH3 is 1. The van der Waals surface area contributed by atoms with E-state index in [1.165, 1.54) is 0 Å². The summed E-state index contributed by atoms with van der Waals surface area (Å²) in [4.78, 5) is 16.5. The zero-order chi connectivity index (χ0) is 15.4. The van der Waals surface area contributed by atoms with E-state index < -0.39 is 0 Å². The Balaban J connectivity index is 2.01. The van der Waals surface area contributed by atoms with E-state index in [1.807, 2.05) is 30.1 Å². The Bertz CT molecular complexity index is 485. The summed E-state index contributed by atoms with van der Waals surface area (Å²) in [6.07, 6.45) is 2.32. The van der Waals surface area contributed by atoms with Gasteiger partial charge in [-0.2, -0.15) is 0 Å². The predicted molar refractivity (Wildman–Crippen MR) is 84.4 cm³/mol. The van der Waals surface area contributed by atoms with Gasteiger partial charge in [0.1, 0.15) is 5.75 Å². The maximum absolute atomic E-state index is 12.4. The molecule has 1 aliphatic carbocycles. The minimum absolute atomic E-state index is 0.142. The fourth-order valence-corrected chi connectivity index (χ4v) is 2.71. The number of likely N-dealkylation sites (N-methyl/N-ethyl adjacent to an activating group) is 2. The van der Waals surface area contributed by atoms with E-state index in [-0.39, 0.29) is 11.9 Å². The fourth-order valence-electron chi connectivity index (χ4n) is 2.71. The van der Waals surface area contributed by atoms with Gasteiger partial charge >= 0.3 is 0 Å². The first-order valence-electron chi connectivity index (χ1n) is 7.71. The van der Waals surface area contributed by atoms with Gasteiger partial charge in [0.15, 0.2) is 0 Å². The smallest absolute Gasteiger partial charge is 0.236 e. The van der Waals surface area contributed by atoms with Crippen molar-refractivity contribution in [2.75, 3.05) is 27.2 Å². The topological polar surface area (TPSA) is 32.8 Å². The number of carbonyl (C=O) groups excluding carboxylic acids is 1. The van der Waals surface area contributed by atoms with Crippen molar-refractivity contribution >= 4 is 5.91 Å². The molecule has 2 rings (SSSR count). The largest absolute Gasteiger partial charge is 0.496 e. The molecule has 1 aromatic rings. The molecule has 0 unspecified atom stereocenters. The van der Waals surface area contributed by atoms with Gasteiger partial charge in [0.05, 0.1) is 13.7 Å². The first-order chi connectivity index (χ1) is 10.1. The summed E-state index contributed by atoms with van der Waals surface area (Å²) in [6, 6.07) is 8.62. The van der Waals surface area contributed by atoms with Crippen LogP contribution in [0.1, 0.15) is 38.3 Å².